The van der Waals surface area contributed by atoms with Crippen LogP contribution < -0.4 is 10.2 Å². The number of nitriles is 1. The molecule has 1 rings (SSSR count). The Morgan fingerprint density at radius 1 is 1.43 bits per heavy atom. The molecule has 0 saturated carbocycles. The average molecular weight is 215 g/mol. The zero-order valence-corrected chi connectivity index (χ0v) is 8.01. The molecule has 1 aromatic rings. The quantitative estimate of drug-likeness (QED) is 0.326. The Bertz CT molecular complexity index is 334. The van der Waals surface area contributed by atoms with Gasteiger partial charge >= 0.3 is 29.6 Å². The van der Waals surface area contributed by atoms with Gasteiger partial charge in [-0.05, 0) is 24.4 Å². The molecular weight excluding hydrogens is 205 g/mol. The predicted octanol–water partition coefficient (Wildman–Crippen LogP) is 0.830. The molecule has 3 nitrogen and oxygen atoms in total. The van der Waals surface area contributed by atoms with E-state index in [1.807, 2.05) is 36.5 Å². The molecule has 5 heteroatoms. The van der Waals surface area contributed by atoms with E-state index in [1.54, 1.807) is 7.05 Å². The summed E-state index contributed by atoms with van der Waals surface area (Å²) in [6.45, 7) is 0. The van der Waals surface area contributed by atoms with Gasteiger partial charge in [0.25, 0.3) is 0 Å². The summed E-state index contributed by atoms with van der Waals surface area (Å²) in [5, 5.41) is 12.0. The van der Waals surface area contributed by atoms with Crippen molar-refractivity contribution in [3.8, 4) is 6.19 Å². The van der Waals surface area contributed by atoms with E-state index in [-0.39, 0.29) is 29.6 Å². The van der Waals surface area contributed by atoms with Crippen molar-refractivity contribution in [1.82, 2.24) is 5.32 Å². The molecular formula is C9H10N3NaS. The zero-order chi connectivity index (χ0) is 9.68. The van der Waals surface area contributed by atoms with Gasteiger partial charge in [0.2, 0.25) is 0 Å². The van der Waals surface area contributed by atoms with Crippen molar-refractivity contribution in [3.63, 3.8) is 0 Å². The first kappa shape index (κ1) is 13.4. The molecule has 0 heterocycles. The van der Waals surface area contributed by atoms with Gasteiger partial charge < -0.3 is 5.32 Å². The maximum atomic E-state index is 8.83. The molecule has 0 amide bonds. The molecule has 0 unspecified atom stereocenters. The summed E-state index contributed by atoms with van der Waals surface area (Å²) in [4.78, 5) is 1.36. The van der Waals surface area contributed by atoms with Crippen molar-refractivity contribution in [2.75, 3.05) is 11.9 Å². The minimum absolute atomic E-state index is 0. The fourth-order valence-corrected chi connectivity index (χ4v) is 1.06. The Morgan fingerprint density at radius 3 is 2.43 bits per heavy atom. The summed E-state index contributed by atoms with van der Waals surface area (Å²) in [5.74, 6) is 0. The first-order valence-corrected chi connectivity index (χ1v) is 4.17. The molecule has 0 radical (unpaired) electrons. The number of para-hydroxylation sites is 1. The van der Waals surface area contributed by atoms with Crippen LogP contribution in [0.15, 0.2) is 30.3 Å². The number of nitrogens with one attached hydrogen (secondary N) is 1. The molecule has 0 aliphatic rings. The molecule has 1 N–H and O–H groups in total. The second kappa shape index (κ2) is 6.80. The molecule has 0 spiro atoms. The Balaban J connectivity index is 0.00000169. The minimum atomic E-state index is 0. The van der Waals surface area contributed by atoms with Crippen molar-refractivity contribution >= 4 is 52.6 Å². The molecule has 0 fully saturated rings. The molecule has 1 aromatic carbocycles. The van der Waals surface area contributed by atoms with Crippen LogP contribution in [-0.4, -0.2) is 41.7 Å². The van der Waals surface area contributed by atoms with Crippen LogP contribution >= 0.6 is 12.2 Å². The van der Waals surface area contributed by atoms with Gasteiger partial charge in [0.05, 0.1) is 5.69 Å². The van der Waals surface area contributed by atoms with E-state index < -0.39 is 0 Å². The molecule has 0 aliphatic carbocycles. The second-order valence-electron chi connectivity index (χ2n) is 2.33. The van der Waals surface area contributed by atoms with Crippen molar-refractivity contribution in [2.24, 2.45) is 0 Å². The van der Waals surface area contributed by atoms with Gasteiger partial charge in [-0.2, -0.15) is 5.26 Å². The number of nitrogens with zero attached hydrogens (tertiary/aromatic N) is 2. The molecule has 0 bridgehead atoms. The van der Waals surface area contributed by atoms with Crippen LogP contribution in [0.1, 0.15) is 0 Å². The SMILES string of the molecule is CNC(=S)N(C#N)c1ccccc1.[NaH]. The standard InChI is InChI=1S/C9H9N3S.Na.H/c1-11-9(13)12(7-10)8-5-3-2-4-6-8;;/h2-6H,1H3,(H,11,13);;. The molecule has 0 atom stereocenters. The second-order valence-corrected chi connectivity index (χ2v) is 2.71. The Morgan fingerprint density at radius 2 is 2.00 bits per heavy atom. The van der Waals surface area contributed by atoms with Crippen molar-refractivity contribution in [2.45, 2.75) is 0 Å². The summed E-state index contributed by atoms with van der Waals surface area (Å²) in [6.07, 6.45) is 2.00. The summed E-state index contributed by atoms with van der Waals surface area (Å²) < 4.78 is 0. The number of rotatable bonds is 1. The van der Waals surface area contributed by atoms with E-state index >= 15 is 0 Å². The van der Waals surface area contributed by atoms with Crippen LogP contribution in [0.5, 0.6) is 0 Å². The summed E-state index contributed by atoms with van der Waals surface area (Å²) >= 11 is 4.95. The van der Waals surface area contributed by atoms with Gasteiger partial charge in [-0.3, -0.25) is 0 Å². The maximum absolute atomic E-state index is 8.83. The van der Waals surface area contributed by atoms with Crippen LogP contribution in [0, 0.1) is 11.5 Å². The van der Waals surface area contributed by atoms with E-state index in [0.29, 0.717) is 5.11 Å². The van der Waals surface area contributed by atoms with Gasteiger partial charge in [-0.25, -0.2) is 4.90 Å². The number of thiocarbonyl (C=S) groups is 1. The third kappa shape index (κ3) is 3.28. The zero-order valence-electron chi connectivity index (χ0n) is 7.19. The molecule has 0 aromatic heterocycles. The first-order valence-electron chi connectivity index (χ1n) is 3.76. The fraction of sp³-hybridized carbons (Fsp3) is 0.111. The van der Waals surface area contributed by atoms with Gasteiger partial charge in [0.15, 0.2) is 11.3 Å². The van der Waals surface area contributed by atoms with E-state index in [9.17, 15) is 0 Å². The third-order valence-electron chi connectivity index (χ3n) is 1.53. The van der Waals surface area contributed by atoms with Crippen LogP contribution in [-0.2, 0) is 0 Å². The van der Waals surface area contributed by atoms with E-state index in [1.165, 1.54) is 4.90 Å². The number of hydrogen-bond donors (Lipinski definition) is 1. The monoisotopic (exact) mass is 215 g/mol. The van der Waals surface area contributed by atoms with Crippen LogP contribution in [0.25, 0.3) is 0 Å². The normalized spacial score (nSPS) is 8.00. The molecule has 0 aliphatic heterocycles. The third-order valence-corrected chi connectivity index (χ3v) is 1.92. The molecule has 0 saturated heterocycles. The Hall–Kier alpha value is -0.600. The van der Waals surface area contributed by atoms with Crippen LogP contribution in [0.4, 0.5) is 5.69 Å². The van der Waals surface area contributed by atoms with Gasteiger partial charge in [0.1, 0.15) is 0 Å². The van der Waals surface area contributed by atoms with Crippen molar-refractivity contribution in [3.05, 3.63) is 30.3 Å². The summed E-state index contributed by atoms with van der Waals surface area (Å²) in [7, 11) is 1.69. The van der Waals surface area contributed by atoms with Gasteiger partial charge in [-0.15, -0.1) is 0 Å². The Labute approximate surface area is 111 Å². The van der Waals surface area contributed by atoms with Gasteiger partial charge in [-0.1, -0.05) is 18.2 Å². The number of hydrogen-bond acceptors (Lipinski definition) is 2. The Kier molecular flexibility index (Phi) is 6.50. The summed E-state index contributed by atoms with van der Waals surface area (Å²) in [6, 6.07) is 9.26. The summed E-state index contributed by atoms with van der Waals surface area (Å²) in [5.41, 5.74) is 0.768. The van der Waals surface area contributed by atoms with E-state index in [2.05, 4.69) is 5.32 Å². The van der Waals surface area contributed by atoms with Gasteiger partial charge in [0, 0.05) is 7.05 Å². The molecule has 14 heavy (non-hydrogen) atoms. The van der Waals surface area contributed by atoms with E-state index in [0.717, 1.165) is 5.69 Å². The van der Waals surface area contributed by atoms with Crippen molar-refractivity contribution < 1.29 is 0 Å². The molecule has 68 valence electrons. The number of anilines is 1. The predicted molar refractivity (Wildman–Crippen MR) is 63.3 cm³/mol. The first-order chi connectivity index (χ1) is 6.29. The number of benzene rings is 1. The topological polar surface area (TPSA) is 39.1 Å². The van der Waals surface area contributed by atoms with Crippen LogP contribution in [0.3, 0.4) is 0 Å². The fourth-order valence-electron chi connectivity index (χ4n) is 0.909. The van der Waals surface area contributed by atoms with E-state index in [4.69, 9.17) is 17.5 Å². The van der Waals surface area contributed by atoms with Crippen molar-refractivity contribution in [1.29, 1.82) is 5.26 Å². The average Bonchev–Trinajstić information content (AvgIpc) is 2.20. The van der Waals surface area contributed by atoms with Crippen LogP contribution in [0.2, 0.25) is 0 Å².